The quantitative estimate of drug-likeness (QED) is 0.630. The number of benzene rings is 2. The van der Waals surface area contributed by atoms with Crippen molar-refractivity contribution in [3.8, 4) is 11.5 Å². The van der Waals surface area contributed by atoms with Gasteiger partial charge in [0, 0.05) is 19.7 Å². The number of ether oxygens (including phenoxy) is 2. The molecule has 0 spiro atoms. The van der Waals surface area contributed by atoms with Gasteiger partial charge in [-0.2, -0.15) is 0 Å². The number of hydrogen-bond donors (Lipinski definition) is 1. The van der Waals surface area contributed by atoms with Crippen molar-refractivity contribution in [1.29, 1.82) is 0 Å². The minimum atomic E-state index is -3.67. The molecule has 8 heteroatoms. The normalized spacial score (nSPS) is 12.5. The van der Waals surface area contributed by atoms with Crippen molar-refractivity contribution in [3.63, 3.8) is 0 Å². The first-order chi connectivity index (χ1) is 14.5. The molecule has 31 heavy (non-hydrogen) atoms. The molecule has 170 valence electrons. The fraction of sp³-hybridized carbons (Fsp3) is 0.435. The van der Waals surface area contributed by atoms with Crippen molar-refractivity contribution < 1.29 is 22.7 Å². The summed E-state index contributed by atoms with van der Waals surface area (Å²) in [6.45, 7) is 10.2. The number of nitrogens with zero attached hydrogens (tertiary/aromatic N) is 1. The van der Waals surface area contributed by atoms with Crippen molar-refractivity contribution in [3.05, 3.63) is 52.6 Å². The van der Waals surface area contributed by atoms with Crippen LogP contribution in [0.4, 0.5) is 0 Å². The van der Waals surface area contributed by atoms with Gasteiger partial charge in [0.25, 0.3) is 5.91 Å². The number of amides is 1. The third kappa shape index (κ3) is 5.57. The summed E-state index contributed by atoms with van der Waals surface area (Å²) in [5.74, 6) is 0.922. The summed E-state index contributed by atoms with van der Waals surface area (Å²) in [6, 6.07) is 8.37. The number of nitrogens with one attached hydrogen (secondary N) is 1. The van der Waals surface area contributed by atoms with Gasteiger partial charge in [-0.15, -0.1) is 0 Å². The Morgan fingerprint density at radius 2 is 1.65 bits per heavy atom. The molecule has 0 aromatic heterocycles. The van der Waals surface area contributed by atoms with Crippen LogP contribution in [0.15, 0.2) is 35.2 Å². The molecule has 1 unspecified atom stereocenters. The van der Waals surface area contributed by atoms with Gasteiger partial charge >= 0.3 is 0 Å². The van der Waals surface area contributed by atoms with Gasteiger partial charge < -0.3 is 14.8 Å². The molecule has 1 amide bonds. The van der Waals surface area contributed by atoms with Gasteiger partial charge in [0.2, 0.25) is 10.0 Å². The Bertz CT molecular complexity index is 1050. The van der Waals surface area contributed by atoms with E-state index in [0.29, 0.717) is 35.8 Å². The zero-order chi connectivity index (χ0) is 23.3. The average molecular weight is 449 g/mol. The zero-order valence-electron chi connectivity index (χ0n) is 19.3. The molecule has 0 heterocycles. The molecule has 1 N–H and O–H groups in total. The predicted molar refractivity (Wildman–Crippen MR) is 121 cm³/mol. The van der Waals surface area contributed by atoms with Gasteiger partial charge in [-0.1, -0.05) is 6.07 Å². The highest BCUT2D eigenvalue weighted by Gasteiger charge is 2.23. The van der Waals surface area contributed by atoms with Crippen molar-refractivity contribution in [2.75, 3.05) is 27.3 Å². The van der Waals surface area contributed by atoms with Crippen molar-refractivity contribution >= 4 is 15.9 Å². The Kier molecular flexibility index (Phi) is 8.08. The fourth-order valence-corrected chi connectivity index (χ4v) is 4.34. The van der Waals surface area contributed by atoms with E-state index in [-0.39, 0.29) is 16.8 Å². The summed E-state index contributed by atoms with van der Waals surface area (Å²) < 4.78 is 37.8. The highest BCUT2D eigenvalue weighted by Crippen LogP contribution is 2.31. The zero-order valence-corrected chi connectivity index (χ0v) is 20.1. The molecule has 2 rings (SSSR count). The molecule has 0 fully saturated rings. The van der Waals surface area contributed by atoms with E-state index in [9.17, 15) is 13.2 Å². The largest absolute Gasteiger partial charge is 0.490 e. The molecule has 0 saturated carbocycles. The highest BCUT2D eigenvalue weighted by molar-refractivity contribution is 7.89. The van der Waals surface area contributed by atoms with Crippen LogP contribution < -0.4 is 14.8 Å². The number of carbonyl (C=O) groups excluding carboxylic acids is 1. The van der Waals surface area contributed by atoms with Crippen molar-refractivity contribution in [1.82, 2.24) is 9.62 Å². The van der Waals surface area contributed by atoms with Gasteiger partial charge in [-0.3, -0.25) is 4.79 Å². The first kappa shape index (κ1) is 24.7. The predicted octanol–water partition coefficient (Wildman–Crippen LogP) is 3.84. The van der Waals surface area contributed by atoms with E-state index in [4.69, 9.17) is 9.47 Å². The Labute approximate surface area is 185 Å². The Balaban J connectivity index is 2.33. The molecule has 2 aromatic rings. The molecule has 1 atom stereocenters. The number of carbonyl (C=O) groups is 1. The Morgan fingerprint density at radius 1 is 1.03 bits per heavy atom. The van der Waals surface area contributed by atoms with Crippen LogP contribution in [0.2, 0.25) is 0 Å². The number of sulfonamides is 1. The van der Waals surface area contributed by atoms with E-state index in [1.807, 2.05) is 39.0 Å². The second-order valence-electron chi connectivity index (χ2n) is 7.47. The molecule has 0 aliphatic heterocycles. The lowest BCUT2D eigenvalue weighted by molar-refractivity contribution is 0.0939. The van der Waals surface area contributed by atoms with E-state index in [2.05, 4.69) is 5.32 Å². The van der Waals surface area contributed by atoms with Crippen molar-refractivity contribution in [2.45, 2.75) is 45.6 Å². The lowest BCUT2D eigenvalue weighted by Gasteiger charge is -2.19. The van der Waals surface area contributed by atoms with E-state index in [0.717, 1.165) is 15.4 Å². The molecule has 7 nitrogen and oxygen atoms in total. The maximum absolute atomic E-state index is 12.9. The van der Waals surface area contributed by atoms with E-state index in [1.165, 1.54) is 20.2 Å². The number of rotatable bonds is 9. The lowest BCUT2D eigenvalue weighted by atomic mass is 10.0. The monoisotopic (exact) mass is 448 g/mol. The van der Waals surface area contributed by atoms with Crippen LogP contribution in [0.25, 0.3) is 0 Å². The smallest absolute Gasteiger partial charge is 0.251 e. The van der Waals surface area contributed by atoms with E-state index in [1.54, 1.807) is 19.9 Å². The molecule has 0 radical (unpaired) electrons. The number of hydrogen-bond acceptors (Lipinski definition) is 5. The van der Waals surface area contributed by atoms with Crippen LogP contribution in [0.3, 0.4) is 0 Å². The van der Waals surface area contributed by atoms with Gasteiger partial charge in [0.15, 0.2) is 11.5 Å². The average Bonchev–Trinajstić information content (AvgIpc) is 2.71. The summed E-state index contributed by atoms with van der Waals surface area (Å²) >= 11 is 0. The summed E-state index contributed by atoms with van der Waals surface area (Å²) in [5.41, 5.74) is 2.52. The highest BCUT2D eigenvalue weighted by atomic mass is 32.2. The molecule has 0 saturated heterocycles. The van der Waals surface area contributed by atoms with E-state index >= 15 is 0 Å². The summed E-state index contributed by atoms with van der Waals surface area (Å²) in [7, 11) is -0.720. The van der Waals surface area contributed by atoms with Crippen LogP contribution in [0.5, 0.6) is 11.5 Å². The van der Waals surface area contributed by atoms with Crippen LogP contribution in [-0.4, -0.2) is 45.9 Å². The maximum atomic E-state index is 12.9. The molecule has 0 bridgehead atoms. The second-order valence-corrected chi connectivity index (χ2v) is 9.59. The molecular formula is C23H32N2O5S. The lowest BCUT2D eigenvalue weighted by Crippen LogP contribution is -2.28. The van der Waals surface area contributed by atoms with Crippen molar-refractivity contribution in [2.24, 2.45) is 0 Å². The second kappa shape index (κ2) is 10.2. The third-order valence-electron chi connectivity index (χ3n) is 5.06. The standard InChI is InChI=1S/C23H32N2O5S/c1-8-29-20-11-10-18(13-21(20)30-9-2)17(5)24-23(26)19-12-15(3)16(4)22(14-19)31(27,28)25(6)7/h10-14,17H,8-9H2,1-7H3,(H,24,26). The van der Waals surface area contributed by atoms with Gasteiger partial charge in [-0.25, -0.2) is 12.7 Å². The summed E-state index contributed by atoms with van der Waals surface area (Å²) in [5, 5.41) is 2.94. The third-order valence-corrected chi connectivity index (χ3v) is 7.00. The molecule has 0 aliphatic rings. The van der Waals surface area contributed by atoms with Crippen LogP contribution in [0.1, 0.15) is 53.9 Å². The number of aryl methyl sites for hydroxylation is 1. The maximum Gasteiger partial charge on any atom is 0.251 e. The van der Waals surface area contributed by atoms with Gasteiger partial charge in [0.05, 0.1) is 24.2 Å². The summed E-state index contributed by atoms with van der Waals surface area (Å²) in [4.78, 5) is 13.1. The minimum absolute atomic E-state index is 0.134. The minimum Gasteiger partial charge on any atom is -0.490 e. The Hall–Kier alpha value is -2.58. The fourth-order valence-electron chi connectivity index (χ4n) is 3.12. The first-order valence-electron chi connectivity index (χ1n) is 10.3. The van der Waals surface area contributed by atoms with Gasteiger partial charge in [0.1, 0.15) is 0 Å². The summed E-state index contributed by atoms with van der Waals surface area (Å²) in [6.07, 6.45) is 0. The topological polar surface area (TPSA) is 84.9 Å². The van der Waals surface area contributed by atoms with E-state index < -0.39 is 10.0 Å². The Morgan fingerprint density at radius 3 is 2.23 bits per heavy atom. The molecule has 2 aromatic carbocycles. The van der Waals surface area contributed by atoms with Crippen LogP contribution in [0, 0.1) is 13.8 Å². The molecular weight excluding hydrogens is 416 g/mol. The van der Waals surface area contributed by atoms with Crippen LogP contribution in [-0.2, 0) is 10.0 Å². The van der Waals surface area contributed by atoms with Gasteiger partial charge in [-0.05, 0) is 75.6 Å². The molecule has 0 aliphatic carbocycles. The van der Waals surface area contributed by atoms with Crippen LogP contribution >= 0.6 is 0 Å². The SMILES string of the molecule is CCOc1ccc(C(C)NC(=O)c2cc(C)c(C)c(S(=O)(=O)N(C)C)c2)cc1OCC. The first-order valence-corrected chi connectivity index (χ1v) is 11.7.